The molecule has 1 aromatic rings. The Bertz CT molecular complexity index is 475. The zero-order valence-corrected chi connectivity index (χ0v) is 15.5. The number of carbonyl (C=O) groups is 1. The number of nitrogens with zero attached hydrogens (tertiary/aromatic N) is 4. The third kappa shape index (κ3) is 6.25. The van der Waals surface area contributed by atoms with Crippen LogP contribution in [0.15, 0.2) is 4.52 Å². The highest BCUT2D eigenvalue weighted by atomic mass is 35.5. The van der Waals surface area contributed by atoms with Gasteiger partial charge in [-0.05, 0) is 27.2 Å². The second-order valence-electron chi connectivity index (χ2n) is 5.79. The van der Waals surface area contributed by atoms with Crippen LogP contribution < -0.4 is 5.73 Å². The number of hydrogen-bond acceptors (Lipinski definition) is 6. The molecule has 9 heteroatoms. The van der Waals surface area contributed by atoms with E-state index in [1.807, 2.05) is 18.7 Å². The molecular formula is C14H27Cl2N5O2. The first-order valence-corrected chi connectivity index (χ1v) is 7.55. The van der Waals surface area contributed by atoms with E-state index in [0.717, 1.165) is 32.6 Å². The molecule has 134 valence electrons. The number of aryl methyl sites for hydroxylation is 1. The van der Waals surface area contributed by atoms with E-state index in [2.05, 4.69) is 22.0 Å². The number of nitrogens with two attached hydrogens (primary N) is 1. The van der Waals surface area contributed by atoms with Gasteiger partial charge in [-0.3, -0.25) is 9.69 Å². The van der Waals surface area contributed by atoms with Gasteiger partial charge < -0.3 is 15.2 Å². The predicted molar refractivity (Wildman–Crippen MR) is 93.0 cm³/mol. The summed E-state index contributed by atoms with van der Waals surface area (Å²) in [6.07, 6.45) is 1.28. The molecule has 2 N–H and O–H groups in total. The number of halogens is 2. The van der Waals surface area contributed by atoms with Crippen molar-refractivity contribution in [3.63, 3.8) is 0 Å². The molecule has 2 atom stereocenters. The summed E-state index contributed by atoms with van der Waals surface area (Å²) in [5.41, 5.74) is 5.70. The highest BCUT2D eigenvalue weighted by Gasteiger charge is 2.27. The topological polar surface area (TPSA) is 88.5 Å². The molecule has 0 spiro atoms. The number of piperazine rings is 1. The minimum atomic E-state index is 0. The molecule has 1 aromatic heterocycles. The number of amides is 1. The normalized spacial score (nSPS) is 17.8. The van der Waals surface area contributed by atoms with Crippen LogP contribution in [0.3, 0.4) is 0 Å². The van der Waals surface area contributed by atoms with Gasteiger partial charge in [-0.25, -0.2) is 0 Å². The molecule has 0 aromatic carbocycles. The van der Waals surface area contributed by atoms with E-state index in [0.29, 0.717) is 18.1 Å². The summed E-state index contributed by atoms with van der Waals surface area (Å²) >= 11 is 0. The molecule has 23 heavy (non-hydrogen) atoms. The van der Waals surface area contributed by atoms with Gasteiger partial charge in [0.2, 0.25) is 11.8 Å². The van der Waals surface area contributed by atoms with Gasteiger partial charge >= 0.3 is 0 Å². The van der Waals surface area contributed by atoms with Crippen LogP contribution >= 0.6 is 24.8 Å². The molecule has 0 radical (unpaired) electrons. The lowest BCUT2D eigenvalue weighted by molar-refractivity contribution is -0.133. The Kier molecular flexibility index (Phi) is 9.68. The summed E-state index contributed by atoms with van der Waals surface area (Å²) in [4.78, 5) is 20.5. The van der Waals surface area contributed by atoms with Crippen molar-refractivity contribution in [2.75, 3.05) is 26.2 Å². The molecular weight excluding hydrogens is 341 g/mol. The van der Waals surface area contributed by atoms with E-state index >= 15 is 0 Å². The van der Waals surface area contributed by atoms with Gasteiger partial charge in [0, 0.05) is 38.6 Å². The molecule has 1 fully saturated rings. The van der Waals surface area contributed by atoms with Gasteiger partial charge in [-0.15, -0.1) is 24.8 Å². The molecule has 0 saturated carbocycles. The number of hydrogen-bond donors (Lipinski definition) is 1. The fraction of sp³-hybridized carbons (Fsp3) is 0.786. The number of rotatable bonds is 5. The van der Waals surface area contributed by atoms with Crippen LogP contribution in [0.5, 0.6) is 0 Å². The zero-order valence-electron chi connectivity index (χ0n) is 13.9. The molecule has 0 bridgehead atoms. The fourth-order valence-electron chi connectivity index (χ4n) is 2.51. The summed E-state index contributed by atoms with van der Waals surface area (Å²) in [6, 6.07) is 0.170. The Labute approximate surface area is 149 Å². The van der Waals surface area contributed by atoms with Crippen molar-refractivity contribution in [2.24, 2.45) is 5.73 Å². The maximum atomic E-state index is 12.1. The van der Waals surface area contributed by atoms with Crippen molar-refractivity contribution in [1.82, 2.24) is 19.9 Å². The molecule has 1 aliphatic rings. The third-order valence-corrected chi connectivity index (χ3v) is 3.93. The Morgan fingerprint density at radius 3 is 2.35 bits per heavy atom. The van der Waals surface area contributed by atoms with E-state index < -0.39 is 0 Å². The highest BCUT2D eigenvalue weighted by molar-refractivity contribution is 5.85. The molecule has 1 amide bonds. The molecule has 7 nitrogen and oxygen atoms in total. The average molecular weight is 368 g/mol. The van der Waals surface area contributed by atoms with E-state index in [9.17, 15) is 4.79 Å². The minimum absolute atomic E-state index is 0. The van der Waals surface area contributed by atoms with Crippen molar-refractivity contribution in [2.45, 2.75) is 45.7 Å². The van der Waals surface area contributed by atoms with E-state index in [1.165, 1.54) is 0 Å². The maximum Gasteiger partial charge on any atom is 0.243 e. The van der Waals surface area contributed by atoms with Crippen molar-refractivity contribution >= 4 is 30.7 Å². The predicted octanol–water partition coefficient (Wildman–Crippen LogP) is 1.55. The summed E-state index contributed by atoms with van der Waals surface area (Å²) in [5.74, 6) is 1.50. The van der Waals surface area contributed by atoms with Crippen LogP contribution in [-0.2, 0) is 4.79 Å². The van der Waals surface area contributed by atoms with E-state index in [-0.39, 0.29) is 42.8 Å². The fourth-order valence-corrected chi connectivity index (χ4v) is 2.51. The Hall–Kier alpha value is -0.890. The molecule has 0 aliphatic carbocycles. The maximum absolute atomic E-state index is 12.1. The zero-order chi connectivity index (χ0) is 15.4. The Balaban J connectivity index is 0.00000242. The van der Waals surface area contributed by atoms with Crippen molar-refractivity contribution < 1.29 is 9.32 Å². The summed E-state index contributed by atoms with van der Waals surface area (Å²) < 4.78 is 5.22. The summed E-state index contributed by atoms with van der Waals surface area (Å²) in [6.45, 7) is 8.94. The summed E-state index contributed by atoms with van der Waals surface area (Å²) in [7, 11) is 0. The monoisotopic (exact) mass is 367 g/mol. The second-order valence-corrected chi connectivity index (χ2v) is 5.79. The van der Waals surface area contributed by atoms with Gasteiger partial charge in [0.25, 0.3) is 0 Å². The van der Waals surface area contributed by atoms with Gasteiger partial charge in [0.15, 0.2) is 5.82 Å². The summed E-state index contributed by atoms with van der Waals surface area (Å²) in [5, 5.41) is 3.83. The smallest absolute Gasteiger partial charge is 0.243 e. The quantitative estimate of drug-likeness (QED) is 0.849. The first-order chi connectivity index (χ1) is 9.97. The SMILES string of the molecule is Cc1noc(C(C)N2CCN(C(=O)CCC(C)N)CC2)n1.Cl.Cl. The van der Waals surface area contributed by atoms with Crippen LogP contribution in [0.4, 0.5) is 0 Å². The number of carbonyl (C=O) groups excluding carboxylic acids is 1. The van der Waals surface area contributed by atoms with E-state index in [4.69, 9.17) is 10.3 Å². The largest absolute Gasteiger partial charge is 0.340 e. The minimum Gasteiger partial charge on any atom is -0.340 e. The van der Waals surface area contributed by atoms with Crippen LogP contribution in [0, 0.1) is 6.92 Å². The van der Waals surface area contributed by atoms with Crippen molar-refractivity contribution in [3.8, 4) is 0 Å². The van der Waals surface area contributed by atoms with Gasteiger partial charge in [-0.2, -0.15) is 4.98 Å². The first kappa shape index (κ1) is 22.1. The van der Waals surface area contributed by atoms with Crippen LogP contribution in [0.25, 0.3) is 0 Å². The Morgan fingerprint density at radius 2 is 1.87 bits per heavy atom. The van der Waals surface area contributed by atoms with Crippen LogP contribution in [-0.4, -0.2) is 58.1 Å². The van der Waals surface area contributed by atoms with Crippen LogP contribution in [0.1, 0.15) is 44.4 Å². The molecule has 1 saturated heterocycles. The second kappa shape index (κ2) is 10.1. The molecule has 2 heterocycles. The Morgan fingerprint density at radius 1 is 1.26 bits per heavy atom. The molecule has 2 unspecified atom stereocenters. The first-order valence-electron chi connectivity index (χ1n) is 7.55. The van der Waals surface area contributed by atoms with Gasteiger partial charge in [0.05, 0.1) is 6.04 Å². The lowest BCUT2D eigenvalue weighted by atomic mass is 10.1. The van der Waals surface area contributed by atoms with Gasteiger partial charge in [0.1, 0.15) is 0 Å². The van der Waals surface area contributed by atoms with Crippen molar-refractivity contribution in [1.29, 1.82) is 0 Å². The number of aromatic nitrogens is 2. The molecule has 2 rings (SSSR count). The lowest BCUT2D eigenvalue weighted by Gasteiger charge is -2.37. The van der Waals surface area contributed by atoms with Gasteiger partial charge in [-0.1, -0.05) is 5.16 Å². The standard InChI is InChI=1S/C14H25N5O2.2ClH/c1-10(15)4-5-13(20)19-8-6-18(7-9-19)11(2)14-16-12(3)17-21-14;;/h10-11H,4-9,15H2,1-3H3;2*1H. The van der Waals surface area contributed by atoms with Crippen LogP contribution in [0.2, 0.25) is 0 Å². The highest BCUT2D eigenvalue weighted by Crippen LogP contribution is 2.20. The average Bonchev–Trinajstić information content (AvgIpc) is 2.90. The molecule has 1 aliphatic heterocycles. The third-order valence-electron chi connectivity index (χ3n) is 3.93. The lowest BCUT2D eigenvalue weighted by Crippen LogP contribution is -2.49. The van der Waals surface area contributed by atoms with Crippen molar-refractivity contribution in [3.05, 3.63) is 11.7 Å². The van der Waals surface area contributed by atoms with E-state index in [1.54, 1.807) is 0 Å².